The van der Waals surface area contributed by atoms with Gasteiger partial charge in [-0.3, -0.25) is 0 Å². The number of methoxy groups -OCH3 is 1. The smallest absolute Gasteiger partial charge is 0.219 e. The Morgan fingerprint density at radius 1 is 1.50 bits per heavy atom. The fraction of sp³-hybridized carbons (Fsp3) is 0.182. The molecule has 2 aromatic rings. The maximum absolute atomic E-state index is 8.52. The zero-order chi connectivity index (χ0) is 13.0. The van der Waals surface area contributed by atoms with Crippen molar-refractivity contribution < 1.29 is 9.94 Å². The van der Waals surface area contributed by atoms with Crippen LogP contribution in [0.5, 0.6) is 5.75 Å². The molecule has 0 aliphatic heterocycles. The quantitative estimate of drug-likeness (QED) is 0.353. The molecule has 0 unspecified atom stereocenters. The predicted octanol–water partition coefficient (Wildman–Crippen LogP) is 0.429. The van der Waals surface area contributed by atoms with Crippen molar-refractivity contribution in [3.05, 3.63) is 42.0 Å². The Labute approximate surface area is 104 Å². The molecule has 1 heterocycles. The number of benzene rings is 1. The van der Waals surface area contributed by atoms with Crippen molar-refractivity contribution >= 4 is 5.84 Å². The minimum absolute atomic E-state index is 0.117. The molecule has 2 rings (SSSR count). The predicted molar refractivity (Wildman–Crippen MR) is 64.6 cm³/mol. The highest BCUT2D eigenvalue weighted by Crippen LogP contribution is 2.17. The molecule has 0 aliphatic carbocycles. The number of nitrogens with zero attached hydrogens (tertiary/aromatic N) is 4. The number of nitrogens with two attached hydrogens (primary N) is 1. The van der Waals surface area contributed by atoms with Crippen LogP contribution in [0.1, 0.15) is 11.4 Å². The zero-order valence-electron chi connectivity index (χ0n) is 9.82. The Kier molecular flexibility index (Phi) is 3.42. The molecule has 0 atom stereocenters. The van der Waals surface area contributed by atoms with Crippen molar-refractivity contribution in [2.45, 2.75) is 6.54 Å². The first-order chi connectivity index (χ1) is 8.74. The highest BCUT2D eigenvalue weighted by molar-refractivity contribution is 5.93. The highest BCUT2D eigenvalue weighted by atomic mass is 16.5. The minimum Gasteiger partial charge on any atom is -0.496 e. The van der Waals surface area contributed by atoms with Crippen molar-refractivity contribution in [3.63, 3.8) is 0 Å². The van der Waals surface area contributed by atoms with Crippen LogP contribution in [-0.2, 0) is 6.54 Å². The molecule has 0 amide bonds. The highest BCUT2D eigenvalue weighted by Gasteiger charge is 2.08. The van der Waals surface area contributed by atoms with Crippen LogP contribution in [0.3, 0.4) is 0 Å². The first-order valence-corrected chi connectivity index (χ1v) is 5.24. The topological polar surface area (TPSA) is 98.6 Å². The Hall–Kier alpha value is -2.57. The van der Waals surface area contributed by atoms with E-state index in [-0.39, 0.29) is 11.7 Å². The number of ether oxygens (including phenoxy) is 1. The molecule has 0 aliphatic rings. The van der Waals surface area contributed by atoms with Gasteiger partial charge in [-0.05, 0) is 6.07 Å². The lowest BCUT2D eigenvalue weighted by Crippen LogP contribution is -2.15. The third kappa shape index (κ3) is 2.40. The molecule has 0 bridgehead atoms. The van der Waals surface area contributed by atoms with E-state index in [2.05, 4.69) is 15.2 Å². The van der Waals surface area contributed by atoms with Crippen LogP contribution in [0, 0.1) is 0 Å². The Balaban J connectivity index is 2.21. The maximum atomic E-state index is 8.52. The number of aromatic nitrogens is 3. The molecule has 0 fully saturated rings. The summed E-state index contributed by atoms with van der Waals surface area (Å²) < 4.78 is 6.83. The van der Waals surface area contributed by atoms with Crippen LogP contribution in [0.4, 0.5) is 0 Å². The van der Waals surface area contributed by atoms with Crippen LogP contribution in [0.2, 0.25) is 0 Å². The first kappa shape index (κ1) is 11.9. The summed E-state index contributed by atoms with van der Waals surface area (Å²) in [5.74, 6) is 0.847. The molecule has 94 valence electrons. The third-order valence-electron chi connectivity index (χ3n) is 2.40. The zero-order valence-corrected chi connectivity index (χ0v) is 9.82. The molecule has 7 nitrogen and oxygen atoms in total. The Morgan fingerprint density at radius 2 is 2.28 bits per heavy atom. The average Bonchev–Trinajstić information content (AvgIpc) is 2.87. The van der Waals surface area contributed by atoms with Crippen LogP contribution in [0.25, 0.3) is 0 Å². The summed E-state index contributed by atoms with van der Waals surface area (Å²) in [6.07, 6.45) is 1.51. The van der Waals surface area contributed by atoms with E-state index >= 15 is 0 Å². The monoisotopic (exact) mass is 247 g/mol. The second-order valence-electron chi connectivity index (χ2n) is 3.56. The van der Waals surface area contributed by atoms with E-state index in [1.807, 2.05) is 24.3 Å². The molecule has 1 aromatic carbocycles. The summed E-state index contributed by atoms with van der Waals surface area (Å²) in [6, 6.07) is 7.62. The van der Waals surface area contributed by atoms with Crippen LogP contribution in [0.15, 0.2) is 35.7 Å². The fourth-order valence-electron chi connectivity index (χ4n) is 1.54. The normalized spacial score (nSPS) is 11.5. The van der Waals surface area contributed by atoms with Gasteiger partial charge in [0.15, 0.2) is 0 Å². The van der Waals surface area contributed by atoms with E-state index in [9.17, 15) is 0 Å². The van der Waals surface area contributed by atoms with Gasteiger partial charge in [0.25, 0.3) is 0 Å². The third-order valence-corrected chi connectivity index (χ3v) is 2.40. The number of para-hydroxylation sites is 1. The van der Waals surface area contributed by atoms with Gasteiger partial charge in [0.2, 0.25) is 11.7 Å². The van der Waals surface area contributed by atoms with E-state index in [4.69, 9.17) is 15.7 Å². The van der Waals surface area contributed by atoms with Crippen molar-refractivity contribution in [2.75, 3.05) is 7.11 Å². The van der Waals surface area contributed by atoms with Crippen LogP contribution >= 0.6 is 0 Å². The SMILES string of the molecule is COc1ccccc1Cn1cnc(C(N)=NO)n1. The second-order valence-corrected chi connectivity index (χ2v) is 3.56. The molecule has 0 saturated carbocycles. The summed E-state index contributed by atoms with van der Waals surface area (Å²) >= 11 is 0. The van der Waals surface area contributed by atoms with Crippen LogP contribution < -0.4 is 10.5 Å². The van der Waals surface area contributed by atoms with E-state index in [1.165, 1.54) is 6.33 Å². The number of hydrogen-bond donors (Lipinski definition) is 2. The van der Waals surface area contributed by atoms with Gasteiger partial charge in [0.05, 0.1) is 13.7 Å². The van der Waals surface area contributed by atoms with Gasteiger partial charge in [0.1, 0.15) is 12.1 Å². The molecule has 1 aromatic heterocycles. The van der Waals surface area contributed by atoms with Gasteiger partial charge in [0, 0.05) is 5.56 Å². The molecule has 0 radical (unpaired) electrons. The lowest BCUT2D eigenvalue weighted by Gasteiger charge is -2.07. The number of oxime groups is 1. The molecular formula is C11H13N5O2. The van der Waals surface area contributed by atoms with Crippen molar-refractivity contribution in [1.82, 2.24) is 14.8 Å². The molecule has 0 spiro atoms. The van der Waals surface area contributed by atoms with E-state index in [0.29, 0.717) is 6.54 Å². The Bertz CT molecular complexity index is 564. The van der Waals surface area contributed by atoms with Gasteiger partial charge in [-0.1, -0.05) is 23.4 Å². The van der Waals surface area contributed by atoms with Crippen molar-refractivity contribution in [1.29, 1.82) is 0 Å². The van der Waals surface area contributed by atoms with Gasteiger partial charge < -0.3 is 15.7 Å². The Morgan fingerprint density at radius 3 is 3.00 bits per heavy atom. The van der Waals surface area contributed by atoms with Gasteiger partial charge >= 0.3 is 0 Å². The minimum atomic E-state index is -0.117. The van der Waals surface area contributed by atoms with Gasteiger partial charge in [-0.25, -0.2) is 9.67 Å². The molecular weight excluding hydrogens is 234 g/mol. The molecule has 18 heavy (non-hydrogen) atoms. The van der Waals surface area contributed by atoms with E-state index < -0.39 is 0 Å². The summed E-state index contributed by atoms with van der Waals surface area (Å²) in [6.45, 7) is 0.496. The standard InChI is InChI=1S/C11H13N5O2/c1-18-9-5-3-2-4-8(9)6-16-7-13-11(14-16)10(12)15-17/h2-5,7,17H,6H2,1H3,(H2,12,15). The van der Waals surface area contributed by atoms with Crippen molar-refractivity contribution in [3.8, 4) is 5.75 Å². The van der Waals surface area contributed by atoms with Gasteiger partial charge in [-0.15, -0.1) is 5.10 Å². The fourth-order valence-corrected chi connectivity index (χ4v) is 1.54. The summed E-state index contributed by atoms with van der Waals surface area (Å²) in [5.41, 5.74) is 6.36. The van der Waals surface area contributed by atoms with Gasteiger partial charge in [-0.2, -0.15) is 0 Å². The lowest BCUT2D eigenvalue weighted by molar-refractivity contribution is 0.318. The molecule has 3 N–H and O–H groups in total. The van der Waals surface area contributed by atoms with E-state index in [1.54, 1.807) is 11.8 Å². The van der Waals surface area contributed by atoms with Crippen molar-refractivity contribution in [2.24, 2.45) is 10.9 Å². The molecule has 0 saturated heterocycles. The summed E-state index contributed by atoms with van der Waals surface area (Å²) in [4.78, 5) is 3.93. The maximum Gasteiger partial charge on any atom is 0.219 e. The number of rotatable bonds is 4. The second kappa shape index (κ2) is 5.17. The first-order valence-electron chi connectivity index (χ1n) is 5.24. The summed E-state index contributed by atoms with van der Waals surface area (Å²) in [7, 11) is 1.61. The molecule has 7 heteroatoms. The number of hydrogen-bond acceptors (Lipinski definition) is 5. The number of amidine groups is 1. The van der Waals surface area contributed by atoms with E-state index in [0.717, 1.165) is 11.3 Å². The average molecular weight is 247 g/mol. The van der Waals surface area contributed by atoms with Crippen LogP contribution in [-0.4, -0.2) is 32.9 Å². The summed E-state index contributed by atoms with van der Waals surface area (Å²) in [5, 5.41) is 15.5. The lowest BCUT2D eigenvalue weighted by atomic mass is 10.2. The largest absolute Gasteiger partial charge is 0.496 e.